The van der Waals surface area contributed by atoms with E-state index in [4.69, 9.17) is 17.3 Å². The van der Waals surface area contributed by atoms with E-state index in [1.807, 2.05) is 13.0 Å². The zero-order chi connectivity index (χ0) is 8.97. The standard InChI is InChI=1S/C10H14ClN/c1-8-4-5-9(3-2-6-12)10(11)7-8/h4-5,7H,2-3,6,12H2,1H3. The molecule has 0 amide bonds. The van der Waals surface area contributed by atoms with E-state index < -0.39 is 0 Å². The van der Waals surface area contributed by atoms with E-state index in [0.717, 1.165) is 24.4 Å². The van der Waals surface area contributed by atoms with Crippen LogP contribution in [0.2, 0.25) is 5.02 Å². The predicted octanol–water partition coefficient (Wildman–Crippen LogP) is 2.54. The van der Waals surface area contributed by atoms with Crippen LogP contribution in [0.3, 0.4) is 0 Å². The molecule has 0 aliphatic carbocycles. The molecule has 0 unspecified atom stereocenters. The SMILES string of the molecule is Cc1ccc(CCCN)c(Cl)c1. The maximum atomic E-state index is 6.02. The molecule has 1 aromatic rings. The number of aryl methyl sites for hydroxylation is 2. The first-order chi connectivity index (χ1) is 5.74. The summed E-state index contributed by atoms with van der Waals surface area (Å²) >= 11 is 6.02. The van der Waals surface area contributed by atoms with Crippen LogP contribution in [0.1, 0.15) is 17.5 Å². The second-order valence-electron chi connectivity index (χ2n) is 2.99. The molecule has 66 valence electrons. The van der Waals surface area contributed by atoms with Crippen LogP contribution in [0.15, 0.2) is 18.2 Å². The van der Waals surface area contributed by atoms with E-state index in [-0.39, 0.29) is 0 Å². The Labute approximate surface area is 78.5 Å². The molecule has 0 atom stereocenters. The van der Waals surface area contributed by atoms with Gasteiger partial charge in [-0.1, -0.05) is 23.7 Å². The van der Waals surface area contributed by atoms with Crippen LogP contribution in [0.4, 0.5) is 0 Å². The van der Waals surface area contributed by atoms with Crippen molar-refractivity contribution in [2.45, 2.75) is 19.8 Å². The summed E-state index contributed by atoms with van der Waals surface area (Å²) in [5, 5.41) is 0.864. The lowest BCUT2D eigenvalue weighted by molar-refractivity contribution is 0.832. The van der Waals surface area contributed by atoms with Gasteiger partial charge in [0.05, 0.1) is 0 Å². The van der Waals surface area contributed by atoms with Crippen LogP contribution in [0.5, 0.6) is 0 Å². The Hall–Kier alpha value is -0.530. The summed E-state index contributed by atoms with van der Waals surface area (Å²) in [7, 11) is 0. The van der Waals surface area contributed by atoms with Crippen molar-refractivity contribution in [2.75, 3.05) is 6.54 Å². The van der Waals surface area contributed by atoms with Gasteiger partial charge in [0.15, 0.2) is 0 Å². The monoisotopic (exact) mass is 183 g/mol. The Morgan fingerprint density at radius 3 is 2.75 bits per heavy atom. The molecule has 12 heavy (non-hydrogen) atoms. The summed E-state index contributed by atoms with van der Waals surface area (Å²) in [5.74, 6) is 0. The number of hydrogen-bond acceptors (Lipinski definition) is 1. The molecule has 0 radical (unpaired) electrons. The van der Waals surface area contributed by atoms with Gasteiger partial charge in [-0.2, -0.15) is 0 Å². The molecule has 0 aromatic heterocycles. The van der Waals surface area contributed by atoms with Crippen molar-refractivity contribution < 1.29 is 0 Å². The van der Waals surface area contributed by atoms with Crippen LogP contribution in [0.25, 0.3) is 0 Å². The summed E-state index contributed by atoms with van der Waals surface area (Å²) < 4.78 is 0. The van der Waals surface area contributed by atoms with Crippen molar-refractivity contribution in [3.63, 3.8) is 0 Å². The van der Waals surface area contributed by atoms with Crippen LogP contribution in [0, 0.1) is 6.92 Å². The van der Waals surface area contributed by atoms with Crippen molar-refractivity contribution >= 4 is 11.6 Å². The minimum absolute atomic E-state index is 0.726. The van der Waals surface area contributed by atoms with Crippen molar-refractivity contribution in [3.05, 3.63) is 34.3 Å². The van der Waals surface area contributed by atoms with E-state index >= 15 is 0 Å². The fourth-order valence-electron chi connectivity index (χ4n) is 1.15. The molecule has 0 aliphatic heterocycles. The average molecular weight is 184 g/mol. The lowest BCUT2D eigenvalue weighted by atomic mass is 10.1. The van der Waals surface area contributed by atoms with Gasteiger partial charge in [-0.15, -0.1) is 0 Å². The highest BCUT2D eigenvalue weighted by Crippen LogP contribution is 2.18. The van der Waals surface area contributed by atoms with Gasteiger partial charge in [-0.25, -0.2) is 0 Å². The molecule has 1 aromatic carbocycles. The zero-order valence-electron chi connectivity index (χ0n) is 7.31. The van der Waals surface area contributed by atoms with E-state index in [0.29, 0.717) is 0 Å². The Morgan fingerprint density at radius 1 is 1.42 bits per heavy atom. The molecule has 1 rings (SSSR count). The molecule has 0 aliphatic rings. The smallest absolute Gasteiger partial charge is 0.0440 e. The Balaban J connectivity index is 2.72. The number of nitrogens with two attached hydrogens (primary N) is 1. The molecular formula is C10H14ClN. The number of benzene rings is 1. The summed E-state index contributed by atoms with van der Waals surface area (Å²) in [5.41, 5.74) is 7.82. The Bertz CT molecular complexity index is 258. The Kier molecular flexibility index (Phi) is 3.57. The average Bonchev–Trinajstić information content (AvgIpc) is 2.03. The van der Waals surface area contributed by atoms with Crippen molar-refractivity contribution in [3.8, 4) is 0 Å². The third-order valence-electron chi connectivity index (χ3n) is 1.86. The second-order valence-corrected chi connectivity index (χ2v) is 3.39. The van der Waals surface area contributed by atoms with Gasteiger partial charge in [-0.05, 0) is 43.5 Å². The van der Waals surface area contributed by atoms with Crippen molar-refractivity contribution in [1.29, 1.82) is 0 Å². The van der Waals surface area contributed by atoms with Crippen LogP contribution in [-0.4, -0.2) is 6.54 Å². The molecule has 0 heterocycles. The number of halogens is 1. The summed E-state index contributed by atoms with van der Waals surface area (Å²) in [6, 6.07) is 6.15. The molecule has 2 heteroatoms. The van der Waals surface area contributed by atoms with Crippen molar-refractivity contribution in [1.82, 2.24) is 0 Å². The third kappa shape index (κ3) is 2.50. The fraction of sp³-hybridized carbons (Fsp3) is 0.400. The first-order valence-corrected chi connectivity index (χ1v) is 4.57. The van der Waals surface area contributed by atoms with E-state index in [9.17, 15) is 0 Å². The van der Waals surface area contributed by atoms with Crippen LogP contribution >= 0.6 is 11.6 Å². The number of hydrogen-bond donors (Lipinski definition) is 1. The van der Waals surface area contributed by atoms with E-state index in [2.05, 4.69) is 12.1 Å². The molecule has 1 nitrogen and oxygen atoms in total. The highest BCUT2D eigenvalue weighted by atomic mass is 35.5. The quantitative estimate of drug-likeness (QED) is 0.766. The third-order valence-corrected chi connectivity index (χ3v) is 2.21. The lowest BCUT2D eigenvalue weighted by Crippen LogP contribution is -2.00. The first-order valence-electron chi connectivity index (χ1n) is 4.19. The highest BCUT2D eigenvalue weighted by molar-refractivity contribution is 6.31. The van der Waals surface area contributed by atoms with Gasteiger partial charge in [0.1, 0.15) is 0 Å². The van der Waals surface area contributed by atoms with Gasteiger partial charge in [0, 0.05) is 5.02 Å². The molecule has 0 saturated heterocycles. The van der Waals surface area contributed by atoms with Gasteiger partial charge >= 0.3 is 0 Å². The first kappa shape index (κ1) is 9.56. The minimum Gasteiger partial charge on any atom is -0.330 e. The molecule has 2 N–H and O–H groups in total. The zero-order valence-corrected chi connectivity index (χ0v) is 8.06. The van der Waals surface area contributed by atoms with E-state index in [1.54, 1.807) is 0 Å². The molecule has 0 spiro atoms. The highest BCUT2D eigenvalue weighted by Gasteiger charge is 1.98. The molecular weight excluding hydrogens is 170 g/mol. The van der Waals surface area contributed by atoms with Crippen molar-refractivity contribution in [2.24, 2.45) is 5.73 Å². The number of rotatable bonds is 3. The van der Waals surface area contributed by atoms with Crippen LogP contribution < -0.4 is 5.73 Å². The summed E-state index contributed by atoms with van der Waals surface area (Å²) in [6.45, 7) is 2.77. The minimum atomic E-state index is 0.726. The van der Waals surface area contributed by atoms with Crippen LogP contribution in [-0.2, 0) is 6.42 Å². The maximum absolute atomic E-state index is 6.02. The largest absolute Gasteiger partial charge is 0.330 e. The van der Waals surface area contributed by atoms with Gasteiger partial charge in [0.2, 0.25) is 0 Å². The van der Waals surface area contributed by atoms with Gasteiger partial charge in [-0.3, -0.25) is 0 Å². The lowest BCUT2D eigenvalue weighted by Gasteiger charge is -2.03. The molecule has 0 fully saturated rings. The second kappa shape index (κ2) is 4.48. The van der Waals surface area contributed by atoms with Gasteiger partial charge < -0.3 is 5.73 Å². The normalized spacial score (nSPS) is 10.2. The maximum Gasteiger partial charge on any atom is 0.0440 e. The summed E-state index contributed by atoms with van der Waals surface area (Å²) in [4.78, 5) is 0. The summed E-state index contributed by atoms with van der Waals surface area (Å²) in [6.07, 6.45) is 1.98. The Morgan fingerprint density at radius 2 is 2.17 bits per heavy atom. The predicted molar refractivity (Wildman–Crippen MR) is 53.6 cm³/mol. The fourth-order valence-corrected chi connectivity index (χ4v) is 1.48. The topological polar surface area (TPSA) is 26.0 Å². The van der Waals surface area contributed by atoms with Gasteiger partial charge in [0.25, 0.3) is 0 Å². The molecule has 0 saturated carbocycles. The van der Waals surface area contributed by atoms with E-state index in [1.165, 1.54) is 11.1 Å². The molecule has 0 bridgehead atoms.